The first-order valence-electron chi connectivity index (χ1n) is 9.56. The number of ether oxygens (including phenoxy) is 1. The second kappa shape index (κ2) is 9.48. The van der Waals surface area contributed by atoms with Crippen molar-refractivity contribution in [3.8, 4) is 6.07 Å². The maximum Gasteiger partial charge on any atom is 0.306 e. The van der Waals surface area contributed by atoms with Crippen LogP contribution in [-0.4, -0.2) is 24.3 Å². The summed E-state index contributed by atoms with van der Waals surface area (Å²) in [5.41, 5.74) is 2.09. The number of thiophene rings is 1. The quantitative estimate of drug-likeness (QED) is 0.552. The molecule has 6 nitrogen and oxygen atoms in total. The molecule has 1 aliphatic carbocycles. The Kier molecular flexibility index (Phi) is 6.78. The van der Waals surface area contributed by atoms with Gasteiger partial charge in [-0.1, -0.05) is 37.3 Å². The Labute approximate surface area is 173 Å². The molecule has 1 aromatic carbocycles. The molecular weight excluding hydrogens is 388 g/mol. The lowest BCUT2D eigenvalue weighted by molar-refractivity contribution is -0.147. The van der Waals surface area contributed by atoms with E-state index >= 15 is 0 Å². The third-order valence-electron chi connectivity index (χ3n) is 4.89. The van der Waals surface area contributed by atoms with Crippen molar-refractivity contribution in [3.63, 3.8) is 0 Å². The number of hydrogen-bond donors (Lipinski definition) is 1. The van der Waals surface area contributed by atoms with Gasteiger partial charge in [-0.2, -0.15) is 5.26 Å². The Morgan fingerprint density at radius 2 is 2.00 bits per heavy atom. The van der Waals surface area contributed by atoms with E-state index in [1.807, 2.05) is 6.07 Å². The van der Waals surface area contributed by atoms with Crippen LogP contribution in [0.1, 0.15) is 52.5 Å². The third kappa shape index (κ3) is 5.30. The van der Waals surface area contributed by atoms with E-state index < -0.39 is 18.5 Å². The van der Waals surface area contributed by atoms with Crippen LogP contribution in [0.3, 0.4) is 0 Å². The maximum absolute atomic E-state index is 12.2. The molecule has 0 bridgehead atoms. The molecule has 0 saturated heterocycles. The van der Waals surface area contributed by atoms with Crippen molar-refractivity contribution >= 4 is 34.0 Å². The number of carbonyl (C=O) groups excluding carboxylic acids is 3. The topological polar surface area (TPSA) is 96.3 Å². The van der Waals surface area contributed by atoms with Gasteiger partial charge in [0.05, 0.1) is 12.0 Å². The molecular formula is C22H22N2O4S. The second-order valence-electron chi connectivity index (χ2n) is 7.17. The lowest BCUT2D eigenvalue weighted by atomic mass is 9.89. The summed E-state index contributed by atoms with van der Waals surface area (Å²) in [6, 6.07) is 10.9. The van der Waals surface area contributed by atoms with Gasteiger partial charge in [-0.25, -0.2) is 0 Å². The number of Topliss-reactive ketones (excluding diaryl/α,β-unsaturated/α-hetero) is 1. The molecule has 1 atom stereocenters. The molecule has 0 fully saturated rings. The number of esters is 1. The van der Waals surface area contributed by atoms with Gasteiger partial charge < -0.3 is 10.1 Å². The molecule has 0 radical (unpaired) electrons. The lowest BCUT2D eigenvalue weighted by Gasteiger charge is -2.17. The summed E-state index contributed by atoms with van der Waals surface area (Å²) in [4.78, 5) is 37.2. The van der Waals surface area contributed by atoms with Crippen molar-refractivity contribution in [1.29, 1.82) is 5.26 Å². The van der Waals surface area contributed by atoms with Crippen LogP contribution in [0, 0.1) is 17.2 Å². The van der Waals surface area contributed by atoms with Gasteiger partial charge in [0.1, 0.15) is 11.1 Å². The molecule has 3 rings (SSSR count). The fourth-order valence-corrected chi connectivity index (χ4v) is 4.70. The van der Waals surface area contributed by atoms with Crippen LogP contribution < -0.4 is 5.32 Å². The molecule has 0 aliphatic heterocycles. The number of fused-ring (bicyclic) bond motifs is 1. The summed E-state index contributed by atoms with van der Waals surface area (Å²) in [5.74, 6) is -0.681. The molecule has 0 unspecified atom stereocenters. The summed E-state index contributed by atoms with van der Waals surface area (Å²) in [7, 11) is 0. The average molecular weight is 410 g/mol. The molecule has 1 aromatic heterocycles. The zero-order chi connectivity index (χ0) is 20.8. The molecule has 1 amide bonds. The number of nitrogens with zero attached hydrogens (tertiary/aromatic N) is 1. The Bertz CT molecular complexity index is 959. The minimum absolute atomic E-state index is 0.0267. The smallest absolute Gasteiger partial charge is 0.306 e. The highest BCUT2D eigenvalue weighted by Crippen LogP contribution is 2.39. The Hall–Kier alpha value is -2.98. The minimum atomic E-state index is -0.607. The number of anilines is 1. The number of nitriles is 1. The SMILES string of the molecule is C[C@H]1CCc2c(sc(NC(=O)COC(=O)CCC(=O)c3ccccc3)c2C#N)C1. The minimum Gasteiger partial charge on any atom is -0.456 e. The average Bonchev–Trinajstić information content (AvgIpc) is 3.06. The van der Waals surface area contributed by atoms with Gasteiger partial charge in [-0.3, -0.25) is 14.4 Å². The number of rotatable bonds is 7. The van der Waals surface area contributed by atoms with Crippen molar-refractivity contribution in [2.24, 2.45) is 5.92 Å². The first kappa shape index (κ1) is 20.7. The molecule has 1 heterocycles. The van der Waals surface area contributed by atoms with Gasteiger partial charge in [-0.15, -0.1) is 11.3 Å². The first-order valence-corrected chi connectivity index (χ1v) is 10.4. The second-order valence-corrected chi connectivity index (χ2v) is 8.27. The largest absolute Gasteiger partial charge is 0.456 e. The number of benzene rings is 1. The highest BCUT2D eigenvalue weighted by Gasteiger charge is 2.24. The van der Waals surface area contributed by atoms with Gasteiger partial charge in [0, 0.05) is 16.9 Å². The summed E-state index contributed by atoms with van der Waals surface area (Å²) in [6.45, 7) is 1.73. The number of amides is 1. The third-order valence-corrected chi connectivity index (χ3v) is 6.06. The zero-order valence-electron chi connectivity index (χ0n) is 16.2. The van der Waals surface area contributed by atoms with E-state index in [1.54, 1.807) is 24.3 Å². The van der Waals surface area contributed by atoms with Crippen LogP contribution in [-0.2, 0) is 27.2 Å². The van der Waals surface area contributed by atoms with Gasteiger partial charge in [0.25, 0.3) is 5.91 Å². The normalized spacial score (nSPS) is 15.1. The van der Waals surface area contributed by atoms with E-state index in [1.165, 1.54) is 11.3 Å². The van der Waals surface area contributed by atoms with E-state index in [0.29, 0.717) is 22.0 Å². The van der Waals surface area contributed by atoms with E-state index in [4.69, 9.17) is 4.74 Å². The zero-order valence-corrected chi connectivity index (χ0v) is 17.0. The van der Waals surface area contributed by atoms with Crippen LogP contribution in [0.25, 0.3) is 0 Å². The Balaban J connectivity index is 1.48. The Morgan fingerprint density at radius 3 is 2.72 bits per heavy atom. The standard InChI is InChI=1S/C22H22N2O4S/c1-14-7-8-16-17(12-23)22(29-19(16)11-14)24-20(26)13-28-21(27)10-9-18(25)15-5-3-2-4-6-15/h2-6,14H,7-11,13H2,1H3,(H,24,26)/t14-/m0/s1. The van der Waals surface area contributed by atoms with Gasteiger partial charge in [0.2, 0.25) is 0 Å². The first-order chi connectivity index (χ1) is 14.0. The van der Waals surface area contributed by atoms with Crippen LogP contribution >= 0.6 is 11.3 Å². The number of ketones is 1. The maximum atomic E-state index is 12.2. The summed E-state index contributed by atoms with van der Waals surface area (Å²) < 4.78 is 4.97. The summed E-state index contributed by atoms with van der Waals surface area (Å²) in [5, 5.41) is 12.7. The van der Waals surface area contributed by atoms with E-state index in [2.05, 4.69) is 18.3 Å². The molecule has 1 N–H and O–H groups in total. The molecule has 0 saturated carbocycles. The van der Waals surface area contributed by atoms with E-state index in [0.717, 1.165) is 29.7 Å². The lowest BCUT2D eigenvalue weighted by Crippen LogP contribution is -2.21. The molecule has 150 valence electrons. The van der Waals surface area contributed by atoms with Crippen LogP contribution in [0.5, 0.6) is 0 Å². The van der Waals surface area contributed by atoms with Gasteiger partial charge in [-0.05, 0) is 30.7 Å². The van der Waals surface area contributed by atoms with E-state index in [9.17, 15) is 19.6 Å². The summed E-state index contributed by atoms with van der Waals surface area (Å²) in [6.07, 6.45) is 2.73. The van der Waals surface area contributed by atoms with Crippen LogP contribution in [0.2, 0.25) is 0 Å². The molecule has 7 heteroatoms. The van der Waals surface area contributed by atoms with Crippen molar-refractivity contribution in [1.82, 2.24) is 0 Å². The fourth-order valence-electron chi connectivity index (χ4n) is 3.32. The van der Waals surface area contributed by atoms with Gasteiger partial charge >= 0.3 is 5.97 Å². The van der Waals surface area contributed by atoms with E-state index in [-0.39, 0.29) is 18.6 Å². The highest BCUT2D eigenvalue weighted by molar-refractivity contribution is 7.16. The Morgan fingerprint density at radius 1 is 1.24 bits per heavy atom. The van der Waals surface area contributed by atoms with Crippen LogP contribution in [0.15, 0.2) is 30.3 Å². The number of nitrogens with one attached hydrogen (secondary N) is 1. The van der Waals surface area contributed by atoms with Gasteiger partial charge in [0.15, 0.2) is 12.4 Å². The van der Waals surface area contributed by atoms with Crippen molar-refractivity contribution in [2.75, 3.05) is 11.9 Å². The predicted octanol–water partition coefficient (Wildman–Crippen LogP) is 3.89. The monoisotopic (exact) mass is 410 g/mol. The van der Waals surface area contributed by atoms with Crippen LogP contribution in [0.4, 0.5) is 5.00 Å². The highest BCUT2D eigenvalue weighted by atomic mass is 32.1. The summed E-state index contributed by atoms with van der Waals surface area (Å²) >= 11 is 1.43. The van der Waals surface area contributed by atoms with Crippen molar-refractivity contribution in [3.05, 3.63) is 51.9 Å². The predicted molar refractivity (Wildman–Crippen MR) is 110 cm³/mol. The number of carbonyl (C=O) groups is 3. The molecule has 2 aromatic rings. The molecule has 0 spiro atoms. The number of hydrogen-bond acceptors (Lipinski definition) is 6. The fraction of sp³-hybridized carbons (Fsp3) is 0.364. The molecule has 29 heavy (non-hydrogen) atoms. The van der Waals surface area contributed by atoms with Crippen molar-refractivity contribution in [2.45, 2.75) is 39.0 Å². The van der Waals surface area contributed by atoms with Crippen molar-refractivity contribution < 1.29 is 19.1 Å². The molecule has 1 aliphatic rings.